The second-order valence-electron chi connectivity index (χ2n) is 6.27. The van der Waals surface area contributed by atoms with Crippen molar-refractivity contribution in [1.29, 1.82) is 0 Å². The predicted molar refractivity (Wildman–Crippen MR) is 95.9 cm³/mol. The molecular formula is C18H31ClN2O. The van der Waals surface area contributed by atoms with Crippen molar-refractivity contribution in [3.63, 3.8) is 0 Å². The van der Waals surface area contributed by atoms with Gasteiger partial charge in [-0.1, -0.05) is 32.4 Å². The van der Waals surface area contributed by atoms with Crippen LogP contribution in [0.4, 0.5) is 0 Å². The molecule has 0 saturated carbocycles. The number of hydrogen-bond donors (Lipinski definition) is 2. The highest BCUT2D eigenvalue weighted by Crippen LogP contribution is 2.41. The van der Waals surface area contributed by atoms with E-state index in [2.05, 4.69) is 34.6 Å². The second-order valence-corrected chi connectivity index (χ2v) is 6.68. The maximum Gasteiger partial charge on any atom is 0.126 e. The molecule has 0 amide bonds. The van der Waals surface area contributed by atoms with E-state index in [1.54, 1.807) is 0 Å². The molecule has 0 saturated heterocycles. The second kappa shape index (κ2) is 8.76. The van der Waals surface area contributed by atoms with Crippen LogP contribution < -0.4 is 16.2 Å². The molecule has 0 aliphatic heterocycles. The highest BCUT2D eigenvalue weighted by molar-refractivity contribution is 6.31. The van der Waals surface area contributed by atoms with Crippen molar-refractivity contribution in [3.05, 3.63) is 27.8 Å². The van der Waals surface area contributed by atoms with Crippen LogP contribution in [0.15, 0.2) is 6.07 Å². The molecule has 2 unspecified atom stereocenters. The van der Waals surface area contributed by atoms with E-state index in [4.69, 9.17) is 27.8 Å². The molecule has 0 spiro atoms. The molecule has 3 nitrogen and oxygen atoms in total. The Morgan fingerprint density at radius 3 is 2.27 bits per heavy atom. The van der Waals surface area contributed by atoms with E-state index in [0.717, 1.165) is 28.3 Å². The number of rotatable bonds is 8. The Hall–Kier alpha value is -0.770. The molecule has 0 aromatic heterocycles. The SMILES string of the molecule is CCCOc1c(C)cc(Cl)c(C)c1C(C)C(C)C(CN)CN. The molecule has 2 atom stereocenters. The summed E-state index contributed by atoms with van der Waals surface area (Å²) < 4.78 is 6.05. The van der Waals surface area contributed by atoms with Gasteiger partial charge >= 0.3 is 0 Å². The van der Waals surface area contributed by atoms with Crippen LogP contribution in [0.2, 0.25) is 5.02 Å². The highest BCUT2D eigenvalue weighted by Gasteiger charge is 2.27. The molecule has 0 aliphatic rings. The molecule has 0 fully saturated rings. The predicted octanol–water partition coefficient (Wildman–Crippen LogP) is 4.02. The van der Waals surface area contributed by atoms with E-state index in [0.29, 0.717) is 37.5 Å². The number of aryl methyl sites for hydroxylation is 1. The summed E-state index contributed by atoms with van der Waals surface area (Å²) >= 11 is 6.42. The van der Waals surface area contributed by atoms with E-state index in [9.17, 15) is 0 Å². The summed E-state index contributed by atoms with van der Waals surface area (Å²) in [6.07, 6.45) is 0.985. The number of hydrogen-bond acceptors (Lipinski definition) is 3. The van der Waals surface area contributed by atoms with Crippen molar-refractivity contribution in [2.75, 3.05) is 19.7 Å². The van der Waals surface area contributed by atoms with Crippen LogP contribution in [0.3, 0.4) is 0 Å². The average Bonchev–Trinajstić information content (AvgIpc) is 2.49. The Morgan fingerprint density at radius 1 is 1.18 bits per heavy atom. The first-order valence-electron chi connectivity index (χ1n) is 8.21. The molecule has 1 rings (SSSR count). The quantitative estimate of drug-likeness (QED) is 0.758. The van der Waals surface area contributed by atoms with Crippen molar-refractivity contribution < 1.29 is 4.74 Å². The van der Waals surface area contributed by atoms with Gasteiger partial charge in [0.2, 0.25) is 0 Å². The van der Waals surface area contributed by atoms with Gasteiger partial charge in [-0.05, 0) is 68.3 Å². The number of benzene rings is 1. The topological polar surface area (TPSA) is 61.3 Å². The minimum atomic E-state index is 0.293. The molecule has 4 heteroatoms. The van der Waals surface area contributed by atoms with Crippen molar-refractivity contribution in [1.82, 2.24) is 0 Å². The number of halogens is 1. The minimum Gasteiger partial charge on any atom is -0.493 e. The Labute approximate surface area is 140 Å². The third kappa shape index (κ3) is 4.15. The van der Waals surface area contributed by atoms with Crippen molar-refractivity contribution in [2.45, 2.75) is 47.0 Å². The zero-order valence-corrected chi connectivity index (χ0v) is 15.3. The third-order valence-electron chi connectivity index (χ3n) is 4.75. The largest absolute Gasteiger partial charge is 0.493 e. The highest BCUT2D eigenvalue weighted by atomic mass is 35.5. The average molecular weight is 327 g/mol. The lowest BCUT2D eigenvalue weighted by Crippen LogP contribution is -2.32. The van der Waals surface area contributed by atoms with E-state index in [1.165, 1.54) is 5.56 Å². The molecule has 1 aromatic carbocycles. The maximum atomic E-state index is 6.42. The molecule has 0 bridgehead atoms. The first-order chi connectivity index (χ1) is 10.4. The van der Waals surface area contributed by atoms with Gasteiger partial charge in [0.1, 0.15) is 5.75 Å². The van der Waals surface area contributed by atoms with Gasteiger partial charge in [0.15, 0.2) is 0 Å². The Morgan fingerprint density at radius 2 is 1.77 bits per heavy atom. The molecule has 4 N–H and O–H groups in total. The lowest BCUT2D eigenvalue weighted by atomic mass is 9.78. The van der Waals surface area contributed by atoms with E-state index < -0.39 is 0 Å². The molecule has 1 aromatic rings. The lowest BCUT2D eigenvalue weighted by molar-refractivity contribution is 0.292. The zero-order valence-electron chi connectivity index (χ0n) is 14.6. The standard InChI is InChI=1S/C18H31ClN2O/c1-6-7-22-18-11(2)8-16(19)14(5)17(18)13(4)12(3)15(9-20)10-21/h8,12-13,15H,6-7,9-10,20-21H2,1-5H3. The van der Waals surface area contributed by atoms with E-state index in [-0.39, 0.29) is 0 Å². The zero-order chi connectivity index (χ0) is 16.9. The smallest absolute Gasteiger partial charge is 0.126 e. The van der Waals surface area contributed by atoms with Gasteiger partial charge in [-0.3, -0.25) is 0 Å². The molecule has 0 heterocycles. The summed E-state index contributed by atoms with van der Waals surface area (Å²) in [5.41, 5.74) is 15.2. The summed E-state index contributed by atoms with van der Waals surface area (Å²) in [7, 11) is 0. The fourth-order valence-electron chi connectivity index (χ4n) is 3.02. The van der Waals surface area contributed by atoms with Crippen LogP contribution in [0.25, 0.3) is 0 Å². The minimum absolute atomic E-state index is 0.293. The maximum absolute atomic E-state index is 6.42. The molecule has 0 aliphatic carbocycles. The Bertz CT molecular complexity index is 486. The summed E-state index contributed by atoms with van der Waals surface area (Å²) in [5.74, 6) is 1.94. The molecular weight excluding hydrogens is 296 g/mol. The van der Waals surface area contributed by atoms with Gasteiger partial charge in [-0.15, -0.1) is 0 Å². The molecule has 22 heavy (non-hydrogen) atoms. The first-order valence-corrected chi connectivity index (χ1v) is 8.59. The van der Waals surface area contributed by atoms with Gasteiger partial charge in [-0.25, -0.2) is 0 Å². The van der Waals surface area contributed by atoms with Gasteiger partial charge in [0.05, 0.1) is 6.61 Å². The van der Waals surface area contributed by atoms with Gasteiger partial charge in [-0.2, -0.15) is 0 Å². The van der Waals surface area contributed by atoms with Crippen LogP contribution in [0, 0.1) is 25.7 Å². The normalized spacial score (nSPS) is 14.2. The number of ether oxygens (including phenoxy) is 1. The van der Waals surface area contributed by atoms with Crippen LogP contribution in [0.5, 0.6) is 5.75 Å². The summed E-state index contributed by atoms with van der Waals surface area (Å²) in [6.45, 7) is 12.6. The Balaban J connectivity index is 3.30. The van der Waals surface area contributed by atoms with Crippen molar-refractivity contribution in [3.8, 4) is 5.75 Å². The fourth-order valence-corrected chi connectivity index (χ4v) is 3.28. The summed E-state index contributed by atoms with van der Waals surface area (Å²) in [5, 5.41) is 0.799. The molecule has 0 radical (unpaired) electrons. The van der Waals surface area contributed by atoms with Crippen LogP contribution in [-0.2, 0) is 0 Å². The monoisotopic (exact) mass is 326 g/mol. The van der Waals surface area contributed by atoms with E-state index >= 15 is 0 Å². The van der Waals surface area contributed by atoms with Crippen molar-refractivity contribution >= 4 is 11.6 Å². The lowest BCUT2D eigenvalue weighted by Gasteiger charge is -2.30. The summed E-state index contributed by atoms with van der Waals surface area (Å²) in [6, 6.07) is 1.99. The fraction of sp³-hybridized carbons (Fsp3) is 0.667. The summed E-state index contributed by atoms with van der Waals surface area (Å²) in [4.78, 5) is 0. The van der Waals surface area contributed by atoms with Gasteiger partial charge < -0.3 is 16.2 Å². The Kier molecular flexibility index (Phi) is 7.67. The van der Waals surface area contributed by atoms with Crippen LogP contribution in [-0.4, -0.2) is 19.7 Å². The van der Waals surface area contributed by atoms with E-state index in [1.807, 2.05) is 6.07 Å². The number of nitrogens with two attached hydrogens (primary N) is 2. The third-order valence-corrected chi connectivity index (χ3v) is 5.14. The van der Waals surface area contributed by atoms with Crippen LogP contribution >= 0.6 is 11.6 Å². The molecule has 126 valence electrons. The first kappa shape index (κ1) is 19.3. The van der Waals surface area contributed by atoms with Gasteiger partial charge in [0, 0.05) is 10.6 Å². The van der Waals surface area contributed by atoms with Crippen LogP contribution in [0.1, 0.15) is 49.8 Å². The van der Waals surface area contributed by atoms with Crippen molar-refractivity contribution in [2.24, 2.45) is 23.3 Å². The van der Waals surface area contributed by atoms with Gasteiger partial charge in [0.25, 0.3) is 0 Å².